The highest BCUT2D eigenvalue weighted by Crippen LogP contribution is 2.16. The molecule has 0 unspecified atom stereocenters. The number of aryl methyl sites for hydroxylation is 1. The fourth-order valence-electron chi connectivity index (χ4n) is 1.54. The molecule has 0 aliphatic rings. The number of benzene rings is 1. The summed E-state index contributed by atoms with van der Waals surface area (Å²) in [5.74, 6) is 0. The summed E-state index contributed by atoms with van der Waals surface area (Å²) in [6, 6.07) is 6.41. The van der Waals surface area contributed by atoms with Gasteiger partial charge in [0.15, 0.2) is 0 Å². The molecule has 1 aromatic carbocycles. The van der Waals surface area contributed by atoms with Gasteiger partial charge in [-0.2, -0.15) is 0 Å². The van der Waals surface area contributed by atoms with Crippen LogP contribution in [0.4, 0.5) is 0 Å². The molecule has 0 saturated heterocycles. The number of nitrogens with two attached hydrogens (primary N) is 1. The lowest BCUT2D eigenvalue weighted by atomic mass is 10.1. The van der Waals surface area contributed by atoms with E-state index >= 15 is 0 Å². The molecule has 0 aliphatic heterocycles. The molecule has 0 aliphatic carbocycles. The average molecular weight is 285 g/mol. The summed E-state index contributed by atoms with van der Waals surface area (Å²) in [5.41, 5.74) is 8.50. The number of nitrogens with one attached hydrogen (secondary N) is 1. The van der Waals surface area contributed by atoms with Crippen LogP contribution in [-0.4, -0.2) is 18.6 Å². The van der Waals surface area contributed by atoms with Gasteiger partial charge in [-0.3, -0.25) is 0 Å². The Morgan fingerprint density at radius 3 is 2.69 bits per heavy atom. The monoisotopic (exact) mass is 284 g/mol. The molecule has 0 radical (unpaired) electrons. The second kappa shape index (κ2) is 5.80. The molecule has 1 rings (SSSR count). The molecule has 0 bridgehead atoms. The van der Waals surface area contributed by atoms with Gasteiger partial charge in [0, 0.05) is 16.6 Å². The van der Waals surface area contributed by atoms with Gasteiger partial charge in [0.05, 0.1) is 0 Å². The Hall–Kier alpha value is -0.380. The van der Waals surface area contributed by atoms with E-state index in [9.17, 15) is 0 Å². The van der Waals surface area contributed by atoms with Crippen molar-refractivity contribution in [1.29, 1.82) is 0 Å². The van der Waals surface area contributed by atoms with Crippen LogP contribution in [0.1, 0.15) is 25.0 Å². The van der Waals surface area contributed by atoms with Gasteiger partial charge in [0.2, 0.25) is 0 Å². The molecule has 1 aromatic rings. The minimum atomic E-state index is -0.133. The topological polar surface area (TPSA) is 38.0 Å². The third-order valence-electron chi connectivity index (χ3n) is 2.46. The zero-order valence-electron chi connectivity index (χ0n) is 10.3. The molecule has 2 nitrogen and oxygen atoms in total. The Bertz CT molecular complexity index is 342. The van der Waals surface area contributed by atoms with Crippen molar-refractivity contribution in [3.63, 3.8) is 0 Å². The van der Waals surface area contributed by atoms with E-state index in [1.807, 2.05) is 13.8 Å². The minimum absolute atomic E-state index is 0.133. The molecular formula is C13H21BrN2. The predicted octanol–water partition coefficient (Wildman–Crippen LogP) is 2.63. The summed E-state index contributed by atoms with van der Waals surface area (Å²) < 4.78 is 1.15. The number of hydrogen-bond donors (Lipinski definition) is 2. The highest BCUT2D eigenvalue weighted by Gasteiger charge is 2.09. The number of rotatable bonds is 5. The Kier molecular flexibility index (Phi) is 4.96. The minimum Gasteiger partial charge on any atom is -0.324 e. The molecule has 0 heterocycles. The van der Waals surface area contributed by atoms with Crippen molar-refractivity contribution in [2.24, 2.45) is 5.73 Å². The fraction of sp³-hybridized carbons (Fsp3) is 0.538. The summed E-state index contributed by atoms with van der Waals surface area (Å²) in [5, 5.41) is 3.38. The van der Waals surface area contributed by atoms with Crippen molar-refractivity contribution in [3.05, 3.63) is 33.8 Å². The molecule has 3 heteroatoms. The van der Waals surface area contributed by atoms with E-state index in [0.29, 0.717) is 0 Å². The highest BCUT2D eigenvalue weighted by atomic mass is 79.9. The van der Waals surface area contributed by atoms with Gasteiger partial charge in [-0.25, -0.2) is 0 Å². The van der Waals surface area contributed by atoms with Crippen LogP contribution in [0.2, 0.25) is 0 Å². The molecule has 0 fully saturated rings. The molecule has 16 heavy (non-hydrogen) atoms. The van der Waals surface area contributed by atoms with Crippen LogP contribution >= 0.6 is 15.9 Å². The lowest BCUT2D eigenvalue weighted by Gasteiger charge is -2.19. The van der Waals surface area contributed by atoms with Gasteiger partial charge in [-0.1, -0.05) is 22.0 Å². The van der Waals surface area contributed by atoms with Crippen molar-refractivity contribution in [2.45, 2.75) is 32.7 Å². The largest absolute Gasteiger partial charge is 0.324 e. The summed E-state index contributed by atoms with van der Waals surface area (Å²) in [6.07, 6.45) is 1.04. The second-order valence-electron chi connectivity index (χ2n) is 4.99. The van der Waals surface area contributed by atoms with Gasteiger partial charge in [0.1, 0.15) is 0 Å². The van der Waals surface area contributed by atoms with Crippen molar-refractivity contribution >= 4 is 15.9 Å². The normalized spacial score (nSPS) is 11.8. The molecule has 0 atom stereocenters. The Morgan fingerprint density at radius 2 is 2.06 bits per heavy atom. The first-order chi connectivity index (χ1) is 7.38. The molecule has 90 valence electrons. The van der Waals surface area contributed by atoms with Gasteiger partial charge < -0.3 is 11.1 Å². The maximum atomic E-state index is 5.90. The fourth-order valence-corrected chi connectivity index (χ4v) is 1.95. The van der Waals surface area contributed by atoms with Crippen LogP contribution < -0.4 is 11.1 Å². The van der Waals surface area contributed by atoms with Gasteiger partial charge in [-0.15, -0.1) is 0 Å². The van der Waals surface area contributed by atoms with E-state index in [4.69, 9.17) is 5.73 Å². The van der Waals surface area contributed by atoms with E-state index in [1.165, 1.54) is 11.1 Å². The average Bonchev–Trinajstić information content (AvgIpc) is 2.16. The third kappa shape index (κ3) is 5.10. The van der Waals surface area contributed by atoms with E-state index in [0.717, 1.165) is 24.0 Å². The van der Waals surface area contributed by atoms with Gasteiger partial charge in [-0.05, 0) is 57.0 Å². The van der Waals surface area contributed by atoms with Crippen molar-refractivity contribution in [3.8, 4) is 0 Å². The zero-order chi connectivity index (χ0) is 12.2. The molecule has 0 saturated carbocycles. The van der Waals surface area contributed by atoms with E-state index in [-0.39, 0.29) is 5.54 Å². The van der Waals surface area contributed by atoms with Crippen molar-refractivity contribution in [1.82, 2.24) is 5.32 Å². The second-order valence-corrected chi connectivity index (χ2v) is 5.90. The van der Waals surface area contributed by atoms with Crippen LogP contribution in [0, 0.1) is 6.92 Å². The van der Waals surface area contributed by atoms with Crippen molar-refractivity contribution < 1.29 is 0 Å². The maximum absolute atomic E-state index is 5.90. The van der Waals surface area contributed by atoms with Crippen LogP contribution in [0.25, 0.3) is 0 Å². The lowest BCUT2D eigenvalue weighted by molar-refractivity contribution is 0.469. The predicted molar refractivity (Wildman–Crippen MR) is 73.7 cm³/mol. The first kappa shape index (κ1) is 13.7. The first-order valence-corrected chi connectivity index (χ1v) is 6.42. The highest BCUT2D eigenvalue weighted by molar-refractivity contribution is 9.10. The maximum Gasteiger partial charge on any atom is 0.0223 e. The quantitative estimate of drug-likeness (QED) is 0.816. The third-order valence-corrected chi connectivity index (χ3v) is 2.96. The number of hydrogen-bond acceptors (Lipinski definition) is 2. The van der Waals surface area contributed by atoms with Crippen LogP contribution in [0.5, 0.6) is 0 Å². The van der Waals surface area contributed by atoms with Gasteiger partial charge >= 0.3 is 0 Å². The lowest BCUT2D eigenvalue weighted by Crippen LogP contribution is -2.43. The Labute approximate surface area is 107 Å². The van der Waals surface area contributed by atoms with Crippen LogP contribution in [-0.2, 0) is 6.42 Å². The molecule has 0 aromatic heterocycles. The van der Waals surface area contributed by atoms with Gasteiger partial charge in [0.25, 0.3) is 0 Å². The van der Waals surface area contributed by atoms with E-state index in [2.05, 4.69) is 46.4 Å². The van der Waals surface area contributed by atoms with Crippen LogP contribution in [0.15, 0.2) is 22.7 Å². The van der Waals surface area contributed by atoms with E-state index < -0.39 is 0 Å². The van der Waals surface area contributed by atoms with Crippen molar-refractivity contribution in [2.75, 3.05) is 13.1 Å². The molecule has 0 spiro atoms. The Morgan fingerprint density at radius 1 is 1.38 bits per heavy atom. The summed E-state index contributed by atoms with van der Waals surface area (Å²) in [4.78, 5) is 0. The Balaban J connectivity index is 2.40. The zero-order valence-corrected chi connectivity index (χ0v) is 11.9. The molecular weight excluding hydrogens is 264 g/mol. The first-order valence-electron chi connectivity index (χ1n) is 5.63. The summed E-state index contributed by atoms with van der Waals surface area (Å²) >= 11 is 3.50. The van der Waals surface area contributed by atoms with Crippen LogP contribution in [0.3, 0.4) is 0 Å². The smallest absolute Gasteiger partial charge is 0.0223 e. The number of halogens is 1. The molecule has 3 N–H and O–H groups in total. The standard InChI is InChI=1S/C13H21BrN2/c1-10-4-5-12(14)8-11(10)6-7-16-9-13(2,3)15/h4-5,8,16H,6-7,9,15H2,1-3H3. The molecule has 0 amide bonds. The van der Waals surface area contributed by atoms with E-state index in [1.54, 1.807) is 0 Å². The SMILES string of the molecule is Cc1ccc(Br)cc1CCNCC(C)(C)N. The summed E-state index contributed by atoms with van der Waals surface area (Å²) in [7, 11) is 0. The summed E-state index contributed by atoms with van der Waals surface area (Å²) in [6.45, 7) is 8.03.